The second kappa shape index (κ2) is 7.95. The van der Waals surface area contributed by atoms with Crippen molar-refractivity contribution in [2.24, 2.45) is 5.92 Å². The summed E-state index contributed by atoms with van der Waals surface area (Å²) in [6.45, 7) is 9.19. The summed E-state index contributed by atoms with van der Waals surface area (Å²) in [4.78, 5) is 27.5. The molecule has 1 saturated heterocycles. The Morgan fingerprint density at radius 2 is 1.67 bits per heavy atom. The zero-order chi connectivity index (χ0) is 19.6. The van der Waals surface area contributed by atoms with E-state index in [1.165, 1.54) is 0 Å². The first-order valence-electron chi connectivity index (χ1n) is 9.59. The molecule has 0 bridgehead atoms. The molecule has 1 heterocycles. The van der Waals surface area contributed by atoms with Crippen molar-refractivity contribution in [3.8, 4) is 0 Å². The maximum absolute atomic E-state index is 12.9. The van der Waals surface area contributed by atoms with E-state index in [9.17, 15) is 9.59 Å². The zero-order valence-electron chi connectivity index (χ0n) is 16.6. The number of amides is 2. The molecule has 0 spiro atoms. The van der Waals surface area contributed by atoms with Gasteiger partial charge in [0.2, 0.25) is 5.91 Å². The SMILES string of the molecule is Cc1cc(C)cc(C(=O)N2CCC[C@@H](C(=O)Nc3cc(C)ccc3C)C2)c1. The van der Waals surface area contributed by atoms with Gasteiger partial charge in [0, 0.05) is 24.3 Å². The molecule has 1 atom stereocenters. The predicted octanol–water partition coefficient (Wildman–Crippen LogP) is 4.41. The van der Waals surface area contributed by atoms with Gasteiger partial charge < -0.3 is 10.2 Å². The first kappa shape index (κ1) is 19.2. The summed E-state index contributed by atoms with van der Waals surface area (Å²) in [7, 11) is 0. The van der Waals surface area contributed by atoms with Crippen LogP contribution in [0.2, 0.25) is 0 Å². The fourth-order valence-corrected chi connectivity index (χ4v) is 3.76. The number of piperidine rings is 1. The molecule has 1 aliphatic rings. The molecule has 2 aromatic rings. The van der Waals surface area contributed by atoms with Crippen LogP contribution < -0.4 is 5.32 Å². The van der Waals surface area contributed by atoms with Gasteiger partial charge in [0.05, 0.1) is 5.92 Å². The Bertz CT molecular complexity index is 852. The van der Waals surface area contributed by atoms with Crippen LogP contribution in [0.5, 0.6) is 0 Å². The van der Waals surface area contributed by atoms with E-state index in [0.29, 0.717) is 18.7 Å². The molecule has 27 heavy (non-hydrogen) atoms. The van der Waals surface area contributed by atoms with Crippen molar-refractivity contribution in [2.45, 2.75) is 40.5 Å². The topological polar surface area (TPSA) is 49.4 Å². The van der Waals surface area contributed by atoms with E-state index in [0.717, 1.165) is 40.8 Å². The Hall–Kier alpha value is -2.62. The lowest BCUT2D eigenvalue weighted by Gasteiger charge is -2.32. The molecule has 142 valence electrons. The summed E-state index contributed by atoms with van der Waals surface area (Å²) in [6.07, 6.45) is 1.66. The van der Waals surface area contributed by atoms with E-state index in [4.69, 9.17) is 0 Å². The third-order valence-electron chi connectivity index (χ3n) is 5.20. The molecule has 0 radical (unpaired) electrons. The predicted molar refractivity (Wildman–Crippen MR) is 109 cm³/mol. The van der Waals surface area contributed by atoms with Crippen LogP contribution in [-0.4, -0.2) is 29.8 Å². The summed E-state index contributed by atoms with van der Waals surface area (Å²) in [5.41, 5.74) is 5.90. The minimum absolute atomic E-state index is 0.00150. The van der Waals surface area contributed by atoms with Crippen molar-refractivity contribution in [1.82, 2.24) is 4.90 Å². The molecule has 2 amide bonds. The highest BCUT2D eigenvalue weighted by Gasteiger charge is 2.29. The van der Waals surface area contributed by atoms with Crippen molar-refractivity contribution in [1.29, 1.82) is 0 Å². The maximum atomic E-state index is 12.9. The van der Waals surface area contributed by atoms with Crippen molar-refractivity contribution < 1.29 is 9.59 Å². The molecule has 4 heteroatoms. The minimum Gasteiger partial charge on any atom is -0.338 e. The van der Waals surface area contributed by atoms with Gasteiger partial charge in [-0.15, -0.1) is 0 Å². The summed E-state index contributed by atoms with van der Waals surface area (Å²) >= 11 is 0. The average molecular weight is 364 g/mol. The number of carbonyl (C=O) groups excluding carboxylic acids is 2. The Morgan fingerprint density at radius 3 is 2.37 bits per heavy atom. The first-order valence-corrected chi connectivity index (χ1v) is 9.59. The summed E-state index contributed by atoms with van der Waals surface area (Å²) in [6, 6.07) is 12.0. The lowest BCUT2D eigenvalue weighted by atomic mass is 9.95. The van der Waals surface area contributed by atoms with Gasteiger partial charge in [-0.25, -0.2) is 0 Å². The van der Waals surface area contributed by atoms with Crippen molar-refractivity contribution in [3.63, 3.8) is 0 Å². The Kier molecular flexibility index (Phi) is 5.64. The number of nitrogens with one attached hydrogen (secondary N) is 1. The van der Waals surface area contributed by atoms with E-state index in [-0.39, 0.29) is 17.7 Å². The van der Waals surface area contributed by atoms with E-state index in [1.54, 1.807) is 0 Å². The Labute approximate surface area is 161 Å². The van der Waals surface area contributed by atoms with Gasteiger partial charge in [-0.05, 0) is 69.9 Å². The molecule has 2 aromatic carbocycles. The number of anilines is 1. The smallest absolute Gasteiger partial charge is 0.253 e. The van der Waals surface area contributed by atoms with Crippen LogP contribution in [0.25, 0.3) is 0 Å². The number of hydrogen-bond donors (Lipinski definition) is 1. The molecule has 1 fully saturated rings. The third-order valence-corrected chi connectivity index (χ3v) is 5.20. The molecule has 0 unspecified atom stereocenters. The standard InChI is InChI=1S/C23H28N2O2/c1-15-7-8-18(4)21(13-15)24-22(26)19-6-5-9-25(14-19)23(27)20-11-16(2)10-17(3)12-20/h7-8,10-13,19H,5-6,9,14H2,1-4H3,(H,24,26)/t19-/m1/s1. The molecule has 3 rings (SSSR count). The lowest BCUT2D eigenvalue weighted by Crippen LogP contribution is -2.43. The normalized spacial score (nSPS) is 16.9. The number of aryl methyl sites for hydroxylation is 4. The molecule has 4 nitrogen and oxygen atoms in total. The summed E-state index contributed by atoms with van der Waals surface area (Å²) < 4.78 is 0. The number of rotatable bonds is 3. The highest BCUT2D eigenvalue weighted by molar-refractivity contribution is 5.96. The van der Waals surface area contributed by atoms with Crippen LogP contribution in [0.15, 0.2) is 36.4 Å². The van der Waals surface area contributed by atoms with E-state index >= 15 is 0 Å². The fraction of sp³-hybridized carbons (Fsp3) is 0.391. The number of carbonyl (C=O) groups is 2. The highest BCUT2D eigenvalue weighted by Crippen LogP contribution is 2.23. The first-order chi connectivity index (χ1) is 12.8. The van der Waals surface area contributed by atoms with E-state index in [2.05, 4.69) is 11.4 Å². The van der Waals surface area contributed by atoms with E-state index in [1.807, 2.05) is 62.9 Å². The molecular weight excluding hydrogens is 336 g/mol. The highest BCUT2D eigenvalue weighted by atomic mass is 16.2. The zero-order valence-corrected chi connectivity index (χ0v) is 16.6. The van der Waals surface area contributed by atoms with Crippen LogP contribution in [0, 0.1) is 33.6 Å². The summed E-state index contributed by atoms with van der Waals surface area (Å²) in [5.74, 6) is -0.152. The fourth-order valence-electron chi connectivity index (χ4n) is 3.76. The van der Waals surface area contributed by atoms with Crippen molar-refractivity contribution in [3.05, 3.63) is 64.2 Å². The van der Waals surface area contributed by atoms with Crippen molar-refractivity contribution >= 4 is 17.5 Å². The van der Waals surface area contributed by atoms with E-state index < -0.39 is 0 Å². The Balaban J connectivity index is 1.70. The van der Waals surface area contributed by atoms with Crippen LogP contribution in [-0.2, 0) is 4.79 Å². The lowest BCUT2D eigenvalue weighted by molar-refractivity contribution is -0.121. The van der Waals surface area contributed by atoms with Crippen LogP contribution >= 0.6 is 0 Å². The number of benzene rings is 2. The van der Waals surface area contributed by atoms with Gasteiger partial charge >= 0.3 is 0 Å². The quantitative estimate of drug-likeness (QED) is 0.877. The van der Waals surface area contributed by atoms with Gasteiger partial charge in [0.1, 0.15) is 0 Å². The van der Waals surface area contributed by atoms with Gasteiger partial charge in [0.25, 0.3) is 5.91 Å². The van der Waals surface area contributed by atoms with Gasteiger partial charge in [-0.2, -0.15) is 0 Å². The molecular formula is C23H28N2O2. The molecule has 0 aromatic heterocycles. The molecule has 1 N–H and O–H groups in total. The number of hydrogen-bond acceptors (Lipinski definition) is 2. The maximum Gasteiger partial charge on any atom is 0.253 e. The largest absolute Gasteiger partial charge is 0.338 e. The van der Waals surface area contributed by atoms with Gasteiger partial charge in [-0.1, -0.05) is 29.3 Å². The number of nitrogens with zero attached hydrogens (tertiary/aromatic N) is 1. The molecule has 1 aliphatic heterocycles. The van der Waals surface area contributed by atoms with Crippen LogP contribution in [0.1, 0.15) is 45.5 Å². The molecule has 0 saturated carbocycles. The third kappa shape index (κ3) is 4.57. The van der Waals surface area contributed by atoms with Gasteiger partial charge in [0.15, 0.2) is 0 Å². The monoisotopic (exact) mass is 364 g/mol. The summed E-state index contributed by atoms with van der Waals surface area (Å²) in [5, 5.41) is 3.06. The Morgan fingerprint density at radius 1 is 0.963 bits per heavy atom. The van der Waals surface area contributed by atoms with Crippen LogP contribution in [0.4, 0.5) is 5.69 Å². The number of likely N-dealkylation sites (tertiary alicyclic amines) is 1. The van der Waals surface area contributed by atoms with Crippen LogP contribution in [0.3, 0.4) is 0 Å². The average Bonchev–Trinajstić information content (AvgIpc) is 2.63. The van der Waals surface area contributed by atoms with Crippen molar-refractivity contribution in [2.75, 3.05) is 18.4 Å². The minimum atomic E-state index is -0.173. The second-order valence-corrected chi connectivity index (χ2v) is 7.77. The molecule has 0 aliphatic carbocycles. The van der Waals surface area contributed by atoms with Gasteiger partial charge in [-0.3, -0.25) is 9.59 Å². The second-order valence-electron chi connectivity index (χ2n) is 7.77.